The van der Waals surface area contributed by atoms with Crippen molar-refractivity contribution in [3.8, 4) is 0 Å². The van der Waals surface area contributed by atoms with Gasteiger partial charge in [0, 0.05) is 23.6 Å². The highest BCUT2D eigenvalue weighted by atomic mass is 79.9. The fourth-order valence-corrected chi connectivity index (χ4v) is 2.17. The third kappa shape index (κ3) is 2.66. The molecule has 1 aliphatic rings. The van der Waals surface area contributed by atoms with Gasteiger partial charge in [-0.05, 0) is 30.7 Å². The highest BCUT2D eigenvalue weighted by molar-refractivity contribution is 9.10. The van der Waals surface area contributed by atoms with Crippen molar-refractivity contribution in [1.82, 2.24) is 5.32 Å². The topological polar surface area (TPSA) is 49.4 Å². The Balaban J connectivity index is 2.14. The van der Waals surface area contributed by atoms with E-state index in [1.807, 2.05) is 36.2 Å². The number of amides is 2. The van der Waals surface area contributed by atoms with E-state index >= 15 is 0 Å². The maximum Gasteiger partial charge on any atom is 0.249 e. The van der Waals surface area contributed by atoms with E-state index in [2.05, 4.69) is 21.2 Å². The van der Waals surface area contributed by atoms with Crippen LogP contribution in [-0.4, -0.2) is 24.9 Å². The Morgan fingerprint density at radius 3 is 2.53 bits per heavy atom. The molecule has 1 aromatic carbocycles. The second kappa shape index (κ2) is 4.87. The van der Waals surface area contributed by atoms with Crippen LogP contribution in [0.15, 0.2) is 28.7 Å². The Kier molecular flexibility index (Phi) is 3.47. The van der Waals surface area contributed by atoms with Gasteiger partial charge in [-0.3, -0.25) is 14.9 Å². The van der Waals surface area contributed by atoms with Gasteiger partial charge in [-0.15, -0.1) is 0 Å². The summed E-state index contributed by atoms with van der Waals surface area (Å²) in [5.41, 5.74) is 0.961. The number of rotatable bonds is 2. The van der Waals surface area contributed by atoms with E-state index in [-0.39, 0.29) is 17.9 Å². The Bertz CT molecular complexity index is 444. The van der Waals surface area contributed by atoms with E-state index in [1.165, 1.54) is 0 Å². The van der Waals surface area contributed by atoms with Gasteiger partial charge < -0.3 is 4.90 Å². The summed E-state index contributed by atoms with van der Waals surface area (Å²) >= 11 is 3.37. The van der Waals surface area contributed by atoms with Crippen LogP contribution in [0.3, 0.4) is 0 Å². The minimum Gasteiger partial charge on any atom is -0.363 e. The molecule has 5 heteroatoms. The lowest BCUT2D eigenvalue weighted by Gasteiger charge is -2.31. The number of anilines is 1. The van der Waals surface area contributed by atoms with Crippen LogP contribution in [0.1, 0.15) is 12.8 Å². The van der Waals surface area contributed by atoms with E-state index in [0.29, 0.717) is 12.8 Å². The third-order valence-corrected chi connectivity index (χ3v) is 3.44. The highest BCUT2D eigenvalue weighted by Crippen LogP contribution is 2.21. The normalized spacial score (nSPS) is 20.0. The molecular weight excluding hydrogens is 284 g/mol. The van der Waals surface area contributed by atoms with E-state index in [4.69, 9.17) is 0 Å². The summed E-state index contributed by atoms with van der Waals surface area (Å²) in [4.78, 5) is 24.7. The van der Waals surface area contributed by atoms with Gasteiger partial charge in [0.1, 0.15) is 6.04 Å². The largest absolute Gasteiger partial charge is 0.363 e. The van der Waals surface area contributed by atoms with E-state index in [0.717, 1.165) is 10.2 Å². The summed E-state index contributed by atoms with van der Waals surface area (Å²) in [6.45, 7) is 0. The lowest BCUT2D eigenvalue weighted by molar-refractivity contribution is -0.134. The van der Waals surface area contributed by atoms with Gasteiger partial charge in [0.25, 0.3) is 0 Å². The number of imide groups is 1. The number of likely N-dealkylation sites (N-methyl/N-ethyl adjacent to an activating group) is 1. The van der Waals surface area contributed by atoms with Gasteiger partial charge in [0.15, 0.2) is 0 Å². The summed E-state index contributed by atoms with van der Waals surface area (Å²) in [5, 5.41) is 2.36. The van der Waals surface area contributed by atoms with Crippen LogP contribution in [0.25, 0.3) is 0 Å². The molecule has 0 aliphatic carbocycles. The fraction of sp³-hybridized carbons (Fsp3) is 0.333. The van der Waals surface area contributed by atoms with Crippen LogP contribution in [0.2, 0.25) is 0 Å². The standard InChI is InChI=1S/C12H13BrN2O2/c1-15(9-4-2-8(13)3-5-9)10-6-7-11(16)14-12(10)17/h2-5,10H,6-7H2,1H3,(H,14,16,17). The number of carbonyl (C=O) groups excluding carboxylic acids is 2. The molecule has 1 unspecified atom stereocenters. The number of hydrogen-bond acceptors (Lipinski definition) is 3. The minimum absolute atomic E-state index is 0.185. The molecule has 0 radical (unpaired) electrons. The number of nitrogens with one attached hydrogen (secondary N) is 1. The monoisotopic (exact) mass is 296 g/mol. The predicted octanol–water partition coefficient (Wildman–Crippen LogP) is 1.69. The molecule has 17 heavy (non-hydrogen) atoms. The highest BCUT2D eigenvalue weighted by Gasteiger charge is 2.29. The first-order valence-corrected chi connectivity index (χ1v) is 6.19. The number of benzene rings is 1. The average molecular weight is 297 g/mol. The lowest BCUT2D eigenvalue weighted by Crippen LogP contribution is -2.51. The first kappa shape index (κ1) is 12.1. The summed E-state index contributed by atoms with van der Waals surface area (Å²) in [5.74, 6) is -0.401. The minimum atomic E-state index is -0.270. The van der Waals surface area contributed by atoms with Gasteiger partial charge >= 0.3 is 0 Å². The molecule has 1 fully saturated rings. The maximum atomic E-state index is 11.7. The van der Waals surface area contributed by atoms with Crippen molar-refractivity contribution in [3.05, 3.63) is 28.7 Å². The van der Waals surface area contributed by atoms with Crippen LogP contribution in [-0.2, 0) is 9.59 Å². The number of piperidine rings is 1. The third-order valence-electron chi connectivity index (χ3n) is 2.91. The SMILES string of the molecule is CN(c1ccc(Br)cc1)C1CCC(=O)NC1=O. The Hall–Kier alpha value is -1.36. The molecule has 90 valence electrons. The Labute approximate surface area is 108 Å². The van der Waals surface area contributed by atoms with Crippen LogP contribution in [0.4, 0.5) is 5.69 Å². The molecule has 1 aromatic rings. The predicted molar refractivity (Wildman–Crippen MR) is 68.7 cm³/mol. The maximum absolute atomic E-state index is 11.7. The molecule has 1 aliphatic heterocycles. The van der Waals surface area contributed by atoms with Crippen molar-refractivity contribution in [1.29, 1.82) is 0 Å². The van der Waals surface area contributed by atoms with Gasteiger partial charge in [0.2, 0.25) is 11.8 Å². The molecule has 0 spiro atoms. The van der Waals surface area contributed by atoms with Crippen molar-refractivity contribution in [2.75, 3.05) is 11.9 Å². The Morgan fingerprint density at radius 2 is 1.94 bits per heavy atom. The molecule has 2 rings (SSSR count). The first-order valence-electron chi connectivity index (χ1n) is 5.40. The number of halogens is 1. The van der Waals surface area contributed by atoms with Crippen molar-refractivity contribution in [2.24, 2.45) is 0 Å². The second-order valence-electron chi connectivity index (χ2n) is 4.05. The van der Waals surface area contributed by atoms with Gasteiger partial charge in [-0.1, -0.05) is 15.9 Å². The quantitative estimate of drug-likeness (QED) is 0.845. The summed E-state index contributed by atoms with van der Waals surface area (Å²) in [6.07, 6.45) is 0.967. The molecule has 1 saturated heterocycles. The lowest BCUT2D eigenvalue weighted by atomic mass is 10.0. The first-order chi connectivity index (χ1) is 8.08. The number of carbonyl (C=O) groups is 2. The number of nitrogens with zero attached hydrogens (tertiary/aromatic N) is 1. The smallest absolute Gasteiger partial charge is 0.249 e. The van der Waals surface area contributed by atoms with Crippen molar-refractivity contribution < 1.29 is 9.59 Å². The molecule has 2 amide bonds. The molecule has 0 bridgehead atoms. The van der Waals surface area contributed by atoms with Crippen molar-refractivity contribution >= 4 is 33.4 Å². The zero-order valence-electron chi connectivity index (χ0n) is 9.44. The summed E-state index contributed by atoms with van der Waals surface area (Å²) in [6, 6.07) is 7.46. The van der Waals surface area contributed by atoms with Crippen LogP contribution in [0, 0.1) is 0 Å². The summed E-state index contributed by atoms with van der Waals surface area (Å²) in [7, 11) is 1.86. The van der Waals surface area contributed by atoms with E-state index in [1.54, 1.807) is 0 Å². The average Bonchev–Trinajstić information content (AvgIpc) is 2.29. The zero-order chi connectivity index (χ0) is 12.4. The molecular formula is C12H13BrN2O2. The van der Waals surface area contributed by atoms with Gasteiger partial charge in [-0.25, -0.2) is 0 Å². The van der Waals surface area contributed by atoms with Crippen LogP contribution < -0.4 is 10.2 Å². The molecule has 0 aromatic heterocycles. The van der Waals surface area contributed by atoms with Crippen molar-refractivity contribution in [3.63, 3.8) is 0 Å². The van der Waals surface area contributed by atoms with Gasteiger partial charge in [0.05, 0.1) is 0 Å². The van der Waals surface area contributed by atoms with Crippen molar-refractivity contribution in [2.45, 2.75) is 18.9 Å². The number of hydrogen-bond donors (Lipinski definition) is 1. The molecule has 1 N–H and O–H groups in total. The molecule has 1 heterocycles. The van der Waals surface area contributed by atoms with Gasteiger partial charge in [-0.2, -0.15) is 0 Å². The van der Waals surface area contributed by atoms with E-state index in [9.17, 15) is 9.59 Å². The molecule has 1 atom stereocenters. The fourth-order valence-electron chi connectivity index (χ4n) is 1.91. The second-order valence-corrected chi connectivity index (χ2v) is 4.97. The molecule has 0 saturated carbocycles. The Morgan fingerprint density at radius 1 is 1.29 bits per heavy atom. The van der Waals surface area contributed by atoms with Crippen LogP contribution in [0.5, 0.6) is 0 Å². The molecule has 4 nitrogen and oxygen atoms in total. The zero-order valence-corrected chi connectivity index (χ0v) is 11.0. The summed E-state index contributed by atoms with van der Waals surface area (Å²) < 4.78 is 0.998. The van der Waals surface area contributed by atoms with Crippen LogP contribution >= 0.6 is 15.9 Å². The van der Waals surface area contributed by atoms with E-state index < -0.39 is 0 Å².